The molecule has 2 N–H and O–H groups in total. The zero-order valence-electron chi connectivity index (χ0n) is 19.9. The average molecular weight is 492 g/mol. The van der Waals surface area contributed by atoms with E-state index in [0.29, 0.717) is 35.6 Å². The Balaban J connectivity index is 1.58. The third-order valence-electron chi connectivity index (χ3n) is 6.18. The molecule has 1 aliphatic rings. The Kier molecular flexibility index (Phi) is 7.21. The molecular formula is C27H29N3O4S. The van der Waals surface area contributed by atoms with Gasteiger partial charge in [0.05, 0.1) is 21.8 Å². The second-order valence-electron chi connectivity index (χ2n) is 8.75. The number of carbonyl (C=O) groups excluding carboxylic acids is 2. The maximum absolute atomic E-state index is 13.1. The number of rotatable bonds is 6. The van der Waals surface area contributed by atoms with Crippen molar-refractivity contribution in [2.75, 3.05) is 23.1 Å². The van der Waals surface area contributed by atoms with Crippen LogP contribution < -0.4 is 10.0 Å². The van der Waals surface area contributed by atoms with E-state index in [2.05, 4.69) is 10.0 Å². The number of aryl methyl sites for hydroxylation is 2. The van der Waals surface area contributed by atoms with Crippen molar-refractivity contribution >= 4 is 33.2 Å². The second-order valence-corrected chi connectivity index (χ2v) is 10.4. The Bertz CT molecular complexity index is 1360. The number of amides is 2. The lowest BCUT2D eigenvalue weighted by molar-refractivity contribution is 0.0725. The number of hydrogen-bond acceptors (Lipinski definition) is 4. The number of likely N-dealkylation sites (tertiary alicyclic amines) is 1. The number of piperidine rings is 1. The minimum atomic E-state index is -3.92. The van der Waals surface area contributed by atoms with Gasteiger partial charge in [-0.15, -0.1) is 0 Å². The fourth-order valence-electron chi connectivity index (χ4n) is 4.16. The second kappa shape index (κ2) is 10.3. The average Bonchev–Trinajstić information content (AvgIpc) is 2.86. The van der Waals surface area contributed by atoms with Crippen LogP contribution in [0.2, 0.25) is 0 Å². The van der Waals surface area contributed by atoms with Crippen LogP contribution in [0.25, 0.3) is 0 Å². The predicted molar refractivity (Wildman–Crippen MR) is 137 cm³/mol. The zero-order valence-corrected chi connectivity index (χ0v) is 20.7. The molecule has 0 aromatic heterocycles. The van der Waals surface area contributed by atoms with Crippen LogP contribution in [0, 0.1) is 13.8 Å². The molecule has 0 unspecified atom stereocenters. The van der Waals surface area contributed by atoms with Crippen LogP contribution in [0.15, 0.2) is 71.6 Å². The molecular weight excluding hydrogens is 462 g/mol. The number of benzene rings is 3. The highest BCUT2D eigenvalue weighted by atomic mass is 32.2. The van der Waals surface area contributed by atoms with Crippen molar-refractivity contribution in [1.29, 1.82) is 0 Å². The molecule has 8 heteroatoms. The van der Waals surface area contributed by atoms with E-state index in [0.717, 1.165) is 24.8 Å². The summed E-state index contributed by atoms with van der Waals surface area (Å²) in [6.07, 6.45) is 3.05. The molecule has 0 atom stereocenters. The summed E-state index contributed by atoms with van der Waals surface area (Å²) in [7, 11) is -3.92. The van der Waals surface area contributed by atoms with Gasteiger partial charge in [0.25, 0.3) is 21.8 Å². The van der Waals surface area contributed by atoms with Crippen molar-refractivity contribution in [3.05, 3.63) is 89.0 Å². The number of para-hydroxylation sites is 2. The van der Waals surface area contributed by atoms with Crippen LogP contribution in [0.1, 0.15) is 51.1 Å². The summed E-state index contributed by atoms with van der Waals surface area (Å²) in [6.45, 7) is 4.90. The summed E-state index contributed by atoms with van der Waals surface area (Å²) in [5, 5.41) is 2.80. The zero-order chi connectivity index (χ0) is 25.0. The highest BCUT2D eigenvalue weighted by molar-refractivity contribution is 7.92. The summed E-state index contributed by atoms with van der Waals surface area (Å²) in [6, 6.07) is 18.5. The lowest BCUT2D eigenvalue weighted by atomic mass is 10.1. The molecule has 1 fully saturated rings. The fourth-order valence-corrected chi connectivity index (χ4v) is 5.56. The standard InChI is InChI=1S/C27H29N3O4S/c1-19-10-4-6-12-23(19)29-35(33,34)25-18-21(15-14-20(25)2)26(31)28-24-13-7-5-11-22(24)27(32)30-16-8-3-9-17-30/h4-7,10-15,18,29H,3,8-9,16-17H2,1-2H3,(H,28,31). The number of sulfonamides is 1. The van der Waals surface area contributed by atoms with Gasteiger partial charge in [-0.25, -0.2) is 8.42 Å². The molecule has 3 aromatic carbocycles. The first-order valence-electron chi connectivity index (χ1n) is 11.6. The Hall–Kier alpha value is -3.65. The molecule has 182 valence electrons. The number of nitrogens with zero attached hydrogens (tertiary/aromatic N) is 1. The molecule has 1 aliphatic heterocycles. The van der Waals surface area contributed by atoms with Crippen LogP contribution >= 0.6 is 0 Å². The molecule has 3 aromatic rings. The van der Waals surface area contributed by atoms with E-state index in [-0.39, 0.29) is 16.4 Å². The van der Waals surface area contributed by atoms with Crippen molar-refractivity contribution < 1.29 is 18.0 Å². The molecule has 2 amide bonds. The van der Waals surface area contributed by atoms with Crippen molar-refractivity contribution in [2.24, 2.45) is 0 Å². The van der Waals surface area contributed by atoms with Gasteiger partial charge >= 0.3 is 0 Å². The molecule has 7 nitrogen and oxygen atoms in total. The smallest absolute Gasteiger partial charge is 0.262 e. The topological polar surface area (TPSA) is 95.6 Å². The van der Waals surface area contributed by atoms with Crippen molar-refractivity contribution in [3.8, 4) is 0 Å². The highest BCUT2D eigenvalue weighted by Crippen LogP contribution is 2.25. The Morgan fingerprint density at radius 2 is 1.46 bits per heavy atom. The van der Waals surface area contributed by atoms with Crippen LogP contribution in [0.3, 0.4) is 0 Å². The monoisotopic (exact) mass is 491 g/mol. The molecule has 1 saturated heterocycles. The molecule has 0 spiro atoms. The SMILES string of the molecule is Cc1ccccc1NS(=O)(=O)c1cc(C(=O)Nc2ccccc2C(=O)N2CCCCC2)ccc1C. The maximum atomic E-state index is 13.1. The van der Waals surface area contributed by atoms with Gasteiger partial charge in [-0.1, -0.05) is 36.4 Å². The van der Waals surface area contributed by atoms with Gasteiger partial charge in [-0.2, -0.15) is 0 Å². The first kappa shape index (κ1) is 24.5. The number of anilines is 2. The first-order chi connectivity index (χ1) is 16.8. The molecule has 4 rings (SSSR count). The van der Waals surface area contributed by atoms with Crippen LogP contribution in [0.4, 0.5) is 11.4 Å². The van der Waals surface area contributed by atoms with Crippen LogP contribution in [0.5, 0.6) is 0 Å². The molecule has 35 heavy (non-hydrogen) atoms. The van der Waals surface area contributed by atoms with E-state index in [1.165, 1.54) is 6.07 Å². The lowest BCUT2D eigenvalue weighted by Crippen LogP contribution is -2.36. The van der Waals surface area contributed by atoms with E-state index in [9.17, 15) is 18.0 Å². The van der Waals surface area contributed by atoms with Gasteiger partial charge in [0, 0.05) is 18.7 Å². The van der Waals surface area contributed by atoms with Gasteiger partial charge in [0.2, 0.25) is 0 Å². The van der Waals surface area contributed by atoms with Gasteiger partial charge in [-0.05, 0) is 74.6 Å². The van der Waals surface area contributed by atoms with Gasteiger partial charge in [-0.3, -0.25) is 14.3 Å². The summed E-state index contributed by atoms with van der Waals surface area (Å²) >= 11 is 0. The van der Waals surface area contributed by atoms with E-state index in [1.54, 1.807) is 55.5 Å². The summed E-state index contributed by atoms with van der Waals surface area (Å²) in [5.74, 6) is -0.605. The van der Waals surface area contributed by atoms with Gasteiger partial charge in [0.15, 0.2) is 0 Å². The van der Waals surface area contributed by atoms with Gasteiger partial charge in [0.1, 0.15) is 0 Å². The Labute approximate surface area is 206 Å². The highest BCUT2D eigenvalue weighted by Gasteiger charge is 2.23. The van der Waals surface area contributed by atoms with E-state index < -0.39 is 15.9 Å². The predicted octanol–water partition coefficient (Wildman–Crippen LogP) is 4.98. The third-order valence-corrected chi connectivity index (χ3v) is 7.69. The van der Waals surface area contributed by atoms with Gasteiger partial charge < -0.3 is 10.2 Å². The third kappa shape index (κ3) is 5.54. The molecule has 0 bridgehead atoms. The van der Waals surface area contributed by atoms with Crippen LogP contribution in [-0.4, -0.2) is 38.2 Å². The number of hydrogen-bond donors (Lipinski definition) is 2. The molecule has 0 saturated carbocycles. The normalized spacial score (nSPS) is 13.8. The molecule has 0 radical (unpaired) electrons. The van der Waals surface area contributed by atoms with Crippen molar-refractivity contribution in [1.82, 2.24) is 4.90 Å². The largest absolute Gasteiger partial charge is 0.339 e. The first-order valence-corrected chi connectivity index (χ1v) is 13.1. The molecule has 0 aliphatic carbocycles. The molecule has 1 heterocycles. The van der Waals surface area contributed by atoms with E-state index in [4.69, 9.17) is 0 Å². The fraction of sp³-hybridized carbons (Fsp3) is 0.259. The van der Waals surface area contributed by atoms with Crippen LogP contribution in [-0.2, 0) is 10.0 Å². The Morgan fingerprint density at radius 1 is 0.800 bits per heavy atom. The Morgan fingerprint density at radius 3 is 2.17 bits per heavy atom. The van der Waals surface area contributed by atoms with Crippen molar-refractivity contribution in [3.63, 3.8) is 0 Å². The van der Waals surface area contributed by atoms with Crippen molar-refractivity contribution in [2.45, 2.75) is 38.0 Å². The maximum Gasteiger partial charge on any atom is 0.262 e. The minimum absolute atomic E-state index is 0.0195. The minimum Gasteiger partial charge on any atom is -0.339 e. The lowest BCUT2D eigenvalue weighted by Gasteiger charge is -2.27. The van der Waals surface area contributed by atoms with E-state index in [1.807, 2.05) is 24.0 Å². The summed E-state index contributed by atoms with van der Waals surface area (Å²) in [5.41, 5.74) is 2.79. The number of carbonyl (C=O) groups is 2. The quantitative estimate of drug-likeness (QED) is 0.508. The summed E-state index contributed by atoms with van der Waals surface area (Å²) < 4.78 is 28.9. The summed E-state index contributed by atoms with van der Waals surface area (Å²) in [4.78, 5) is 28.0. The van der Waals surface area contributed by atoms with E-state index >= 15 is 0 Å². The number of nitrogens with one attached hydrogen (secondary N) is 2.